The van der Waals surface area contributed by atoms with Crippen LogP contribution in [-0.4, -0.2) is 14.1 Å². The van der Waals surface area contributed by atoms with Crippen LogP contribution >= 0.6 is 0 Å². The SMILES string of the molecule is Cc1c(/C=C/c2ccc(N(C)C)cc2)ccc2ccccc12. The Hall–Kier alpha value is -2.54. The van der Waals surface area contributed by atoms with Gasteiger partial charge in [-0.05, 0) is 46.5 Å². The van der Waals surface area contributed by atoms with Gasteiger partial charge in [0.15, 0.2) is 0 Å². The van der Waals surface area contributed by atoms with Gasteiger partial charge in [0.25, 0.3) is 0 Å². The molecule has 1 heteroatoms. The van der Waals surface area contributed by atoms with E-state index in [0.29, 0.717) is 0 Å². The molecule has 3 aromatic carbocycles. The molecule has 0 fully saturated rings. The Morgan fingerprint density at radius 2 is 1.50 bits per heavy atom. The highest BCUT2D eigenvalue weighted by Crippen LogP contribution is 2.23. The quantitative estimate of drug-likeness (QED) is 0.584. The van der Waals surface area contributed by atoms with Crippen LogP contribution in [0.1, 0.15) is 16.7 Å². The largest absolute Gasteiger partial charge is 0.378 e. The molecule has 110 valence electrons. The number of fused-ring (bicyclic) bond motifs is 1. The molecule has 0 aliphatic carbocycles. The predicted molar refractivity (Wildman–Crippen MR) is 98.4 cm³/mol. The molecule has 0 bridgehead atoms. The zero-order valence-electron chi connectivity index (χ0n) is 13.4. The van der Waals surface area contributed by atoms with E-state index in [2.05, 4.69) is 98.7 Å². The van der Waals surface area contributed by atoms with E-state index in [-0.39, 0.29) is 0 Å². The first-order valence-corrected chi connectivity index (χ1v) is 7.59. The number of rotatable bonds is 3. The second-order valence-corrected chi connectivity index (χ2v) is 5.82. The lowest BCUT2D eigenvalue weighted by Gasteiger charge is -2.11. The van der Waals surface area contributed by atoms with E-state index in [1.54, 1.807) is 0 Å². The standard InChI is InChI=1S/C21H21N/c1-16-18(12-13-19-6-4-5-7-21(16)19)11-8-17-9-14-20(15-10-17)22(2)3/h4-15H,1-3H3/b11-8+. The van der Waals surface area contributed by atoms with E-state index in [0.717, 1.165) is 0 Å². The zero-order chi connectivity index (χ0) is 15.5. The van der Waals surface area contributed by atoms with Crippen LogP contribution in [0.25, 0.3) is 22.9 Å². The normalized spacial score (nSPS) is 11.2. The molecule has 0 N–H and O–H groups in total. The number of hydrogen-bond acceptors (Lipinski definition) is 1. The smallest absolute Gasteiger partial charge is 0.0361 e. The minimum atomic E-state index is 1.22. The van der Waals surface area contributed by atoms with Gasteiger partial charge >= 0.3 is 0 Å². The highest BCUT2D eigenvalue weighted by atomic mass is 15.1. The fraction of sp³-hybridized carbons (Fsp3) is 0.143. The lowest BCUT2D eigenvalue weighted by atomic mass is 9.99. The maximum absolute atomic E-state index is 2.20. The summed E-state index contributed by atoms with van der Waals surface area (Å²) in [6.07, 6.45) is 4.38. The number of nitrogens with zero attached hydrogens (tertiary/aromatic N) is 1. The second kappa shape index (κ2) is 6.07. The third-order valence-corrected chi connectivity index (χ3v) is 4.11. The highest BCUT2D eigenvalue weighted by molar-refractivity contribution is 5.89. The lowest BCUT2D eigenvalue weighted by Crippen LogP contribution is -2.07. The van der Waals surface area contributed by atoms with Gasteiger partial charge in [-0.15, -0.1) is 0 Å². The number of benzene rings is 3. The Bertz CT molecular complexity index is 811. The molecule has 0 spiro atoms. The van der Waals surface area contributed by atoms with Crippen molar-refractivity contribution < 1.29 is 0 Å². The molecular weight excluding hydrogens is 266 g/mol. The monoisotopic (exact) mass is 287 g/mol. The Kier molecular flexibility index (Phi) is 3.97. The predicted octanol–water partition coefficient (Wildman–Crippen LogP) is 5.38. The van der Waals surface area contributed by atoms with E-state index < -0.39 is 0 Å². The van der Waals surface area contributed by atoms with Crippen molar-refractivity contribution in [1.82, 2.24) is 0 Å². The summed E-state index contributed by atoms with van der Waals surface area (Å²) < 4.78 is 0. The van der Waals surface area contributed by atoms with Crippen LogP contribution in [0, 0.1) is 6.92 Å². The minimum absolute atomic E-state index is 1.22. The first-order chi connectivity index (χ1) is 10.6. The number of aryl methyl sites for hydroxylation is 1. The van der Waals surface area contributed by atoms with Crippen molar-refractivity contribution in [3.8, 4) is 0 Å². The first kappa shape index (κ1) is 14.4. The summed E-state index contributed by atoms with van der Waals surface area (Å²) in [7, 11) is 4.12. The fourth-order valence-electron chi connectivity index (χ4n) is 2.69. The molecule has 0 saturated heterocycles. The molecule has 3 rings (SSSR count). The Balaban J connectivity index is 1.90. The summed E-state index contributed by atoms with van der Waals surface area (Å²) in [6.45, 7) is 2.19. The van der Waals surface area contributed by atoms with Crippen LogP contribution in [0.2, 0.25) is 0 Å². The summed E-state index contributed by atoms with van der Waals surface area (Å²) in [4.78, 5) is 2.11. The number of anilines is 1. The summed E-state index contributed by atoms with van der Waals surface area (Å²) in [6, 6.07) is 21.5. The van der Waals surface area contributed by atoms with Gasteiger partial charge in [-0.3, -0.25) is 0 Å². The van der Waals surface area contributed by atoms with E-state index in [9.17, 15) is 0 Å². The van der Waals surface area contributed by atoms with Crippen molar-refractivity contribution in [2.75, 3.05) is 19.0 Å². The van der Waals surface area contributed by atoms with Gasteiger partial charge in [0.2, 0.25) is 0 Å². The second-order valence-electron chi connectivity index (χ2n) is 5.82. The van der Waals surface area contributed by atoms with E-state index in [1.807, 2.05) is 0 Å². The topological polar surface area (TPSA) is 3.24 Å². The maximum atomic E-state index is 2.20. The number of hydrogen-bond donors (Lipinski definition) is 0. The molecule has 0 unspecified atom stereocenters. The third kappa shape index (κ3) is 2.89. The van der Waals surface area contributed by atoms with Crippen molar-refractivity contribution in [3.63, 3.8) is 0 Å². The summed E-state index contributed by atoms with van der Waals surface area (Å²) in [5, 5.41) is 2.63. The molecule has 1 nitrogen and oxygen atoms in total. The maximum Gasteiger partial charge on any atom is 0.0361 e. The van der Waals surface area contributed by atoms with Gasteiger partial charge in [0.05, 0.1) is 0 Å². The van der Waals surface area contributed by atoms with Crippen LogP contribution < -0.4 is 4.90 Å². The molecular formula is C21H21N. The van der Waals surface area contributed by atoms with Gasteiger partial charge in [-0.1, -0.05) is 60.7 Å². The molecule has 0 heterocycles. The summed E-state index contributed by atoms with van der Waals surface area (Å²) in [5.74, 6) is 0. The third-order valence-electron chi connectivity index (χ3n) is 4.11. The Morgan fingerprint density at radius 1 is 0.773 bits per heavy atom. The molecule has 0 atom stereocenters. The average Bonchev–Trinajstić information content (AvgIpc) is 2.55. The van der Waals surface area contributed by atoms with Crippen molar-refractivity contribution in [2.24, 2.45) is 0 Å². The van der Waals surface area contributed by atoms with Gasteiger partial charge in [0, 0.05) is 19.8 Å². The highest BCUT2D eigenvalue weighted by Gasteiger charge is 2.00. The zero-order valence-corrected chi connectivity index (χ0v) is 13.4. The van der Waals surface area contributed by atoms with Crippen LogP contribution in [0.15, 0.2) is 60.7 Å². The van der Waals surface area contributed by atoms with E-state index >= 15 is 0 Å². The molecule has 0 radical (unpaired) electrons. The molecule has 22 heavy (non-hydrogen) atoms. The van der Waals surface area contributed by atoms with Crippen molar-refractivity contribution in [3.05, 3.63) is 77.4 Å². The lowest BCUT2D eigenvalue weighted by molar-refractivity contribution is 1.13. The molecule has 0 amide bonds. The fourth-order valence-corrected chi connectivity index (χ4v) is 2.69. The van der Waals surface area contributed by atoms with E-state index in [1.165, 1.54) is 33.2 Å². The Labute approximate surface area is 132 Å². The summed E-state index contributed by atoms with van der Waals surface area (Å²) in [5.41, 5.74) is 5.05. The Morgan fingerprint density at radius 3 is 2.23 bits per heavy atom. The van der Waals surface area contributed by atoms with Crippen LogP contribution in [0.4, 0.5) is 5.69 Å². The average molecular weight is 287 g/mol. The summed E-state index contributed by atoms with van der Waals surface area (Å²) >= 11 is 0. The van der Waals surface area contributed by atoms with Gasteiger partial charge < -0.3 is 4.90 Å². The molecule has 0 aliphatic heterocycles. The van der Waals surface area contributed by atoms with Crippen molar-refractivity contribution >= 4 is 28.6 Å². The molecule has 0 aromatic heterocycles. The van der Waals surface area contributed by atoms with Crippen LogP contribution in [0.5, 0.6) is 0 Å². The van der Waals surface area contributed by atoms with Gasteiger partial charge in [-0.25, -0.2) is 0 Å². The first-order valence-electron chi connectivity index (χ1n) is 7.59. The molecule has 0 aliphatic rings. The van der Waals surface area contributed by atoms with Crippen LogP contribution in [-0.2, 0) is 0 Å². The van der Waals surface area contributed by atoms with Gasteiger partial charge in [0.1, 0.15) is 0 Å². The molecule has 0 saturated carbocycles. The van der Waals surface area contributed by atoms with Crippen molar-refractivity contribution in [1.29, 1.82) is 0 Å². The van der Waals surface area contributed by atoms with E-state index in [4.69, 9.17) is 0 Å². The minimum Gasteiger partial charge on any atom is -0.378 e. The van der Waals surface area contributed by atoms with Gasteiger partial charge in [-0.2, -0.15) is 0 Å². The van der Waals surface area contributed by atoms with Crippen LogP contribution in [0.3, 0.4) is 0 Å². The van der Waals surface area contributed by atoms with Crippen molar-refractivity contribution in [2.45, 2.75) is 6.92 Å². The molecule has 3 aromatic rings.